The number of nitrogens with two attached hydrogens (primary N) is 1. The summed E-state index contributed by atoms with van der Waals surface area (Å²) in [7, 11) is 0. The Morgan fingerprint density at radius 3 is 3.05 bits per heavy atom. The van der Waals surface area contributed by atoms with Gasteiger partial charge >= 0.3 is 0 Å². The summed E-state index contributed by atoms with van der Waals surface area (Å²) in [6.07, 6.45) is 0.924. The SMILES string of the molecule is CC1OCCC1NC(=O)c1cc2cccc(N)c2[nH]1. The molecule has 1 fully saturated rings. The molecule has 0 bridgehead atoms. The van der Waals surface area contributed by atoms with Gasteiger partial charge in [-0.2, -0.15) is 0 Å². The summed E-state index contributed by atoms with van der Waals surface area (Å²) < 4.78 is 5.44. The van der Waals surface area contributed by atoms with Gasteiger partial charge in [-0.1, -0.05) is 12.1 Å². The molecule has 2 atom stereocenters. The number of carbonyl (C=O) groups excluding carboxylic acids is 1. The van der Waals surface area contributed by atoms with Gasteiger partial charge in [0.1, 0.15) is 5.69 Å². The quantitative estimate of drug-likeness (QED) is 0.717. The number of hydrogen-bond donors (Lipinski definition) is 3. The molecule has 5 heteroatoms. The second kappa shape index (κ2) is 4.59. The molecule has 2 heterocycles. The van der Waals surface area contributed by atoms with Crippen molar-refractivity contribution in [3.63, 3.8) is 0 Å². The van der Waals surface area contributed by atoms with Crippen LogP contribution in [0.3, 0.4) is 0 Å². The first-order chi connectivity index (χ1) is 9.15. The Balaban J connectivity index is 1.83. The van der Waals surface area contributed by atoms with Crippen LogP contribution in [0.15, 0.2) is 24.3 Å². The summed E-state index contributed by atoms with van der Waals surface area (Å²) in [5.74, 6) is -0.113. The molecule has 1 amide bonds. The Kier molecular flexibility index (Phi) is 2.91. The standard InChI is InChI=1S/C14H17N3O2/c1-8-11(5-6-19-8)17-14(18)12-7-9-3-2-4-10(15)13(9)16-12/h2-4,7-8,11,16H,5-6,15H2,1H3,(H,17,18). The van der Waals surface area contributed by atoms with Gasteiger partial charge in [0.15, 0.2) is 0 Å². The van der Waals surface area contributed by atoms with E-state index >= 15 is 0 Å². The van der Waals surface area contributed by atoms with Gasteiger partial charge in [-0.05, 0) is 25.5 Å². The molecule has 1 aromatic heterocycles. The van der Waals surface area contributed by atoms with Crippen LogP contribution in [0.5, 0.6) is 0 Å². The number of fused-ring (bicyclic) bond motifs is 1. The summed E-state index contributed by atoms with van der Waals surface area (Å²) in [5, 5.41) is 3.93. The number of H-pyrrole nitrogens is 1. The van der Waals surface area contributed by atoms with E-state index in [0.717, 1.165) is 17.3 Å². The highest BCUT2D eigenvalue weighted by molar-refractivity contribution is 6.00. The molecule has 3 rings (SSSR count). The molecule has 5 nitrogen and oxygen atoms in total. The van der Waals surface area contributed by atoms with E-state index in [1.54, 1.807) is 0 Å². The Morgan fingerprint density at radius 2 is 2.37 bits per heavy atom. The Hall–Kier alpha value is -2.01. The van der Waals surface area contributed by atoms with Crippen LogP contribution in [0.2, 0.25) is 0 Å². The van der Waals surface area contributed by atoms with E-state index in [2.05, 4.69) is 10.3 Å². The highest BCUT2D eigenvalue weighted by Crippen LogP contribution is 2.21. The van der Waals surface area contributed by atoms with Crippen LogP contribution < -0.4 is 11.1 Å². The molecule has 100 valence electrons. The fraction of sp³-hybridized carbons (Fsp3) is 0.357. The second-order valence-electron chi connectivity index (χ2n) is 4.94. The number of nitrogens with one attached hydrogen (secondary N) is 2. The van der Waals surface area contributed by atoms with Crippen molar-refractivity contribution < 1.29 is 9.53 Å². The molecular weight excluding hydrogens is 242 g/mol. The van der Waals surface area contributed by atoms with Crippen LogP contribution in [0.4, 0.5) is 5.69 Å². The lowest BCUT2D eigenvalue weighted by atomic mass is 10.1. The fourth-order valence-electron chi connectivity index (χ4n) is 2.47. The van der Waals surface area contributed by atoms with Gasteiger partial charge in [-0.3, -0.25) is 4.79 Å². The number of carbonyl (C=O) groups is 1. The Morgan fingerprint density at radius 1 is 1.53 bits per heavy atom. The number of hydrogen-bond acceptors (Lipinski definition) is 3. The van der Waals surface area contributed by atoms with Crippen molar-refractivity contribution in [1.82, 2.24) is 10.3 Å². The maximum Gasteiger partial charge on any atom is 0.268 e. The van der Waals surface area contributed by atoms with Crippen LogP contribution in [0.1, 0.15) is 23.8 Å². The minimum atomic E-state index is -0.113. The van der Waals surface area contributed by atoms with Crippen molar-refractivity contribution in [3.8, 4) is 0 Å². The predicted molar refractivity (Wildman–Crippen MR) is 74.0 cm³/mol. The van der Waals surface area contributed by atoms with Crippen molar-refractivity contribution in [2.24, 2.45) is 0 Å². The number of ether oxygens (including phenoxy) is 1. The highest BCUT2D eigenvalue weighted by atomic mass is 16.5. The fourth-order valence-corrected chi connectivity index (χ4v) is 2.47. The molecule has 1 aromatic carbocycles. The predicted octanol–water partition coefficient (Wildman–Crippen LogP) is 1.66. The Bertz CT molecular complexity index is 620. The molecule has 0 aliphatic carbocycles. The minimum Gasteiger partial charge on any atom is -0.397 e. The maximum absolute atomic E-state index is 12.2. The van der Waals surface area contributed by atoms with Crippen molar-refractivity contribution in [2.45, 2.75) is 25.5 Å². The first kappa shape index (κ1) is 12.0. The third-order valence-electron chi connectivity index (χ3n) is 3.63. The minimum absolute atomic E-state index is 0.0680. The van der Waals surface area contributed by atoms with Gasteiger partial charge < -0.3 is 20.8 Å². The second-order valence-corrected chi connectivity index (χ2v) is 4.94. The van der Waals surface area contributed by atoms with Crippen LogP contribution in [-0.4, -0.2) is 29.6 Å². The molecule has 2 aromatic rings. The van der Waals surface area contributed by atoms with Crippen molar-refractivity contribution in [3.05, 3.63) is 30.0 Å². The average molecular weight is 259 g/mol. The summed E-state index contributed by atoms with van der Waals surface area (Å²) in [4.78, 5) is 15.3. The van der Waals surface area contributed by atoms with Gasteiger partial charge in [0.05, 0.1) is 23.3 Å². The molecular formula is C14H17N3O2. The van der Waals surface area contributed by atoms with Gasteiger partial charge in [-0.25, -0.2) is 0 Å². The number of amides is 1. The van der Waals surface area contributed by atoms with Gasteiger partial charge in [0.2, 0.25) is 0 Å². The van der Waals surface area contributed by atoms with E-state index < -0.39 is 0 Å². The Labute approximate surface area is 111 Å². The van der Waals surface area contributed by atoms with E-state index in [9.17, 15) is 4.79 Å². The topological polar surface area (TPSA) is 80.1 Å². The number of rotatable bonds is 2. The van der Waals surface area contributed by atoms with E-state index in [4.69, 9.17) is 10.5 Å². The lowest BCUT2D eigenvalue weighted by molar-refractivity contribution is 0.0862. The number of aromatic nitrogens is 1. The van der Waals surface area contributed by atoms with Crippen molar-refractivity contribution in [2.75, 3.05) is 12.3 Å². The van der Waals surface area contributed by atoms with E-state index in [1.165, 1.54) is 0 Å². The number of aromatic amines is 1. The summed E-state index contributed by atoms with van der Waals surface area (Å²) in [5.41, 5.74) is 7.86. The molecule has 0 spiro atoms. The van der Waals surface area contributed by atoms with Crippen LogP contribution in [0, 0.1) is 0 Å². The van der Waals surface area contributed by atoms with Crippen molar-refractivity contribution in [1.29, 1.82) is 0 Å². The van der Waals surface area contributed by atoms with Crippen molar-refractivity contribution >= 4 is 22.5 Å². The number of nitrogen functional groups attached to an aromatic ring is 1. The summed E-state index contributed by atoms with van der Waals surface area (Å²) >= 11 is 0. The third kappa shape index (κ3) is 2.17. The average Bonchev–Trinajstić information content (AvgIpc) is 2.97. The zero-order chi connectivity index (χ0) is 13.4. The van der Waals surface area contributed by atoms with E-state index in [1.807, 2.05) is 31.2 Å². The summed E-state index contributed by atoms with van der Waals surface area (Å²) in [6, 6.07) is 7.52. The van der Waals surface area contributed by atoms with Crippen LogP contribution >= 0.6 is 0 Å². The third-order valence-corrected chi connectivity index (χ3v) is 3.63. The maximum atomic E-state index is 12.2. The lowest BCUT2D eigenvalue weighted by Gasteiger charge is -2.15. The molecule has 1 saturated heterocycles. The normalized spacial score (nSPS) is 22.8. The van der Waals surface area contributed by atoms with Gasteiger partial charge in [0.25, 0.3) is 5.91 Å². The molecule has 1 aliphatic heterocycles. The molecule has 19 heavy (non-hydrogen) atoms. The zero-order valence-electron chi connectivity index (χ0n) is 10.8. The summed E-state index contributed by atoms with van der Waals surface area (Å²) in [6.45, 7) is 2.67. The highest BCUT2D eigenvalue weighted by Gasteiger charge is 2.26. The van der Waals surface area contributed by atoms with E-state index in [-0.39, 0.29) is 18.1 Å². The largest absolute Gasteiger partial charge is 0.397 e. The number of anilines is 1. The lowest BCUT2D eigenvalue weighted by Crippen LogP contribution is -2.39. The van der Waals surface area contributed by atoms with Gasteiger partial charge in [0, 0.05) is 12.0 Å². The first-order valence-corrected chi connectivity index (χ1v) is 6.45. The number of benzene rings is 1. The zero-order valence-corrected chi connectivity index (χ0v) is 10.8. The molecule has 4 N–H and O–H groups in total. The van der Waals surface area contributed by atoms with E-state index in [0.29, 0.717) is 18.0 Å². The smallest absolute Gasteiger partial charge is 0.268 e. The first-order valence-electron chi connectivity index (χ1n) is 6.45. The molecule has 0 saturated carbocycles. The number of para-hydroxylation sites is 1. The molecule has 2 unspecified atom stereocenters. The monoisotopic (exact) mass is 259 g/mol. The van der Waals surface area contributed by atoms with Crippen LogP contribution in [-0.2, 0) is 4.74 Å². The van der Waals surface area contributed by atoms with Gasteiger partial charge in [-0.15, -0.1) is 0 Å². The molecule has 1 aliphatic rings. The molecule has 0 radical (unpaired) electrons. The van der Waals surface area contributed by atoms with Crippen LogP contribution in [0.25, 0.3) is 10.9 Å².